The highest BCUT2D eigenvalue weighted by Gasteiger charge is 2.34. The zero-order valence-corrected chi connectivity index (χ0v) is 12.2. The molecule has 0 amide bonds. The first-order valence-electron chi connectivity index (χ1n) is 5.99. The third-order valence-electron chi connectivity index (χ3n) is 3.15. The van der Waals surface area contributed by atoms with Crippen LogP contribution in [-0.2, 0) is 10.2 Å². The first-order chi connectivity index (χ1) is 7.53. The van der Waals surface area contributed by atoms with Gasteiger partial charge in [0.2, 0.25) is 0 Å². The Hall–Kier alpha value is 0.120. The van der Waals surface area contributed by atoms with Crippen LogP contribution in [0, 0.1) is 5.92 Å². The summed E-state index contributed by atoms with van der Waals surface area (Å²) in [6.07, 6.45) is 2.78. The minimum Gasteiger partial charge on any atom is -0.329 e. The molecule has 0 radical (unpaired) electrons. The summed E-state index contributed by atoms with van der Waals surface area (Å²) < 4.78 is 28.2. The molecule has 0 aromatic rings. The van der Waals surface area contributed by atoms with Crippen LogP contribution in [0.25, 0.3) is 0 Å². The van der Waals surface area contributed by atoms with E-state index in [1.807, 2.05) is 6.92 Å². The van der Waals surface area contributed by atoms with Crippen LogP contribution in [0.5, 0.6) is 0 Å². The van der Waals surface area contributed by atoms with Crippen LogP contribution >= 0.6 is 12.4 Å². The minimum absolute atomic E-state index is 0. The smallest absolute Gasteiger partial charge is 0.279 e. The quantitative estimate of drug-likeness (QED) is 0.781. The highest BCUT2D eigenvalue weighted by molar-refractivity contribution is 7.87. The Balaban J connectivity index is 0.00000256. The van der Waals surface area contributed by atoms with Crippen molar-refractivity contribution in [3.8, 4) is 0 Å². The molecule has 0 saturated carbocycles. The lowest BCUT2D eigenvalue weighted by atomic mass is 9.93. The molecule has 2 atom stereocenters. The van der Waals surface area contributed by atoms with Gasteiger partial charge in [0.25, 0.3) is 10.2 Å². The van der Waals surface area contributed by atoms with Crippen molar-refractivity contribution in [3.63, 3.8) is 0 Å². The Labute approximate surface area is 111 Å². The molecule has 3 N–H and O–H groups in total. The van der Waals surface area contributed by atoms with E-state index in [1.165, 1.54) is 4.31 Å². The number of nitrogens with zero attached hydrogens (tertiary/aromatic N) is 1. The number of hydrogen-bond acceptors (Lipinski definition) is 3. The second-order valence-electron chi connectivity index (χ2n) is 4.43. The summed E-state index contributed by atoms with van der Waals surface area (Å²) in [4.78, 5) is 0. The average Bonchev–Trinajstić information content (AvgIpc) is 2.26. The molecule has 0 spiro atoms. The van der Waals surface area contributed by atoms with Crippen LogP contribution in [0.3, 0.4) is 0 Å². The molecule has 1 saturated heterocycles. The molecule has 0 aromatic heterocycles. The van der Waals surface area contributed by atoms with Gasteiger partial charge in [0, 0.05) is 25.7 Å². The predicted molar refractivity (Wildman–Crippen MR) is 72.4 cm³/mol. The lowest BCUT2D eigenvalue weighted by Gasteiger charge is -2.38. The molecule has 0 aliphatic carbocycles. The van der Waals surface area contributed by atoms with Gasteiger partial charge in [-0.25, -0.2) is 4.72 Å². The van der Waals surface area contributed by atoms with E-state index in [9.17, 15) is 8.42 Å². The second kappa shape index (κ2) is 7.53. The third-order valence-corrected chi connectivity index (χ3v) is 4.79. The Bertz CT molecular complexity index is 311. The zero-order chi connectivity index (χ0) is 12.2. The van der Waals surface area contributed by atoms with Crippen molar-refractivity contribution in [2.24, 2.45) is 11.7 Å². The monoisotopic (exact) mass is 285 g/mol. The molecule has 17 heavy (non-hydrogen) atoms. The number of halogens is 1. The lowest BCUT2D eigenvalue weighted by molar-refractivity contribution is 0.190. The van der Waals surface area contributed by atoms with Crippen molar-refractivity contribution in [2.45, 2.75) is 39.2 Å². The minimum atomic E-state index is -3.34. The molecule has 1 rings (SSSR count). The average molecular weight is 286 g/mol. The first-order valence-corrected chi connectivity index (χ1v) is 7.43. The van der Waals surface area contributed by atoms with E-state index in [0.29, 0.717) is 25.6 Å². The van der Waals surface area contributed by atoms with E-state index < -0.39 is 10.2 Å². The molecule has 0 aromatic carbocycles. The predicted octanol–water partition coefficient (Wildman–Crippen LogP) is 0.712. The highest BCUT2D eigenvalue weighted by atomic mass is 35.5. The normalized spacial score (nSPS) is 26.5. The lowest BCUT2D eigenvalue weighted by Crippen LogP contribution is -2.54. The maximum atomic E-state index is 12.0. The fraction of sp³-hybridized carbons (Fsp3) is 1.00. The van der Waals surface area contributed by atoms with Gasteiger partial charge in [0.15, 0.2) is 0 Å². The van der Waals surface area contributed by atoms with Crippen LogP contribution < -0.4 is 10.5 Å². The van der Waals surface area contributed by atoms with Crippen LogP contribution in [0.4, 0.5) is 0 Å². The van der Waals surface area contributed by atoms with Crippen molar-refractivity contribution in [1.29, 1.82) is 0 Å². The van der Waals surface area contributed by atoms with Crippen molar-refractivity contribution >= 4 is 22.6 Å². The standard InChI is InChI=1S/C10H23N3O2S.ClH/c1-3-6-12-16(14,15)13-7-4-5-9(2)10(13)8-11;/h9-10,12H,3-8,11H2,1-2H3;1H. The third kappa shape index (κ3) is 4.37. The highest BCUT2D eigenvalue weighted by Crippen LogP contribution is 2.24. The van der Waals surface area contributed by atoms with Crippen molar-refractivity contribution in [1.82, 2.24) is 9.03 Å². The van der Waals surface area contributed by atoms with Gasteiger partial charge in [-0.3, -0.25) is 0 Å². The summed E-state index contributed by atoms with van der Waals surface area (Å²) in [5, 5.41) is 0. The van der Waals surface area contributed by atoms with Crippen molar-refractivity contribution in [2.75, 3.05) is 19.6 Å². The van der Waals surface area contributed by atoms with Gasteiger partial charge in [0.05, 0.1) is 0 Å². The van der Waals surface area contributed by atoms with Gasteiger partial charge >= 0.3 is 0 Å². The van der Waals surface area contributed by atoms with E-state index in [4.69, 9.17) is 5.73 Å². The number of nitrogens with two attached hydrogens (primary N) is 1. The van der Waals surface area contributed by atoms with E-state index in [0.717, 1.165) is 19.3 Å². The van der Waals surface area contributed by atoms with Crippen molar-refractivity contribution < 1.29 is 8.42 Å². The van der Waals surface area contributed by atoms with Gasteiger partial charge in [-0.2, -0.15) is 12.7 Å². The topological polar surface area (TPSA) is 75.4 Å². The molecule has 2 unspecified atom stereocenters. The summed E-state index contributed by atoms with van der Waals surface area (Å²) in [5.41, 5.74) is 5.68. The Morgan fingerprint density at radius 1 is 1.47 bits per heavy atom. The summed E-state index contributed by atoms with van der Waals surface area (Å²) in [7, 11) is -3.34. The molecule has 1 heterocycles. The van der Waals surface area contributed by atoms with Crippen LogP contribution in [-0.4, -0.2) is 38.4 Å². The molecule has 1 aliphatic rings. The van der Waals surface area contributed by atoms with E-state index >= 15 is 0 Å². The maximum Gasteiger partial charge on any atom is 0.279 e. The molecule has 1 fully saturated rings. The van der Waals surface area contributed by atoms with Crippen molar-refractivity contribution in [3.05, 3.63) is 0 Å². The summed E-state index contributed by atoms with van der Waals surface area (Å²) in [6, 6.07) is -0.0527. The molecule has 1 aliphatic heterocycles. The molecular formula is C10H24ClN3O2S. The fourth-order valence-corrected chi connectivity index (χ4v) is 3.82. The summed E-state index contributed by atoms with van der Waals surface area (Å²) in [6.45, 7) is 5.49. The molecule has 7 heteroatoms. The summed E-state index contributed by atoms with van der Waals surface area (Å²) in [5.74, 6) is 0.344. The number of piperidine rings is 1. The number of nitrogens with one attached hydrogen (secondary N) is 1. The maximum absolute atomic E-state index is 12.0. The van der Waals surface area contributed by atoms with Gasteiger partial charge < -0.3 is 5.73 Å². The second-order valence-corrected chi connectivity index (χ2v) is 6.14. The van der Waals surface area contributed by atoms with E-state index in [2.05, 4.69) is 11.6 Å². The van der Waals surface area contributed by atoms with Crippen LogP contribution in [0.1, 0.15) is 33.1 Å². The van der Waals surface area contributed by atoms with Crippen LogP contribution in [0.2, 0.25) is 0 Å². The van der Waals surface area contributed by atoms with Gasteiger partial charge in [-0.1, -0.05) is 13.8 Å². The van der Waals surface area contributed by atoms with Gasteiger partial charge in [0.1, 0.15) is 0 Å². The molecular weight excluding hydrogens is 262 g/mol. The van der Waals surface area contributed by atoms with Gasteiger partial charge in [-0.15, -0.1) is 12.4 Å². The van der Waals surface area contributed by atoms with E-state index in [1.54, 1.807) is 0 Å². The Morgan fingerprint density at radius 3 is 2.65 bits per heavy atom. The first kappa shape index (κ1) is 17.1. The SMILES string of the molecule is CCCNS(=O)(=O)N1CCCC(C)C1CN.Cl. The Morgan fingerprint density at radius 2 is 2.12 bits per heavy atom. The molecule has 0 bridgehead atoms. The number of rotatable bonds is 5. The summed E-state index contributed by atoms with van der Waals surface area (Å²) >= 11 is 0. The molecule has 104 valence electrons. The number of hydrogen-bond donors (Lipinski definition) is 2. The fourth-order valence-electron chi connectivity index (χ4n) is 2.17. The largest absolute Gasteiger partial charge is 0.329 e. The Kier molecular flexibility index (Phi) is 7.58. The van der Waals surface area contributed by atoms with Crippen LogP contribution in [0.15, 0.2) is 0 Å². The van der Waals surface area contributed by atoms with Gasteiger partial charge in [-0.05, 0) is 25.2 Å². The molecule has 5 nitrogen and oxygen atoms in total. The van der Waals surface area contributed by atoms with E-state index in [-0.39, 0.29) is 18.4 Å². The zero-order valence-electron chi connectivity index (χ0n) is 10.6.